The summed E-state index contributed by atoms with van der Waals surface area (Å²) in [5.41, 5.74) is 3.13. The number of thiazole rings is 1. The molecule has 0 radical (unpaired) electrons. The van der Waals surface area contributed by atoms with Crippen LogP contribution in [-0.4, -0.2) is 63.0 Å². The molecule has 4 heterocycles. The monoisotopic (exact) mass is 498 g/mol. The van der Waals surface area contributed by atoms with Crippen molar-refractivity contribution in [3.63, 3.8) is 0 Å². The molecule has 14 heteroatoms. The average molecular weight is 499 g/mol. The maximum Gasteiger partial charge on any atom is 0.286 e. The topological polar surface area (TPSA) is 130 Å². The van der Waals surface area contributed by atoms with Crippen LogP contribution < -0.4 is 15.7 Å². The summed E-state index contributed by atoms with van der Waals surface area (Å²) in [5, 5.41) is 12.3. The number of nitrogens with zero attached hydrogens (tertiary/aromatic N) is 5. The van der Waals surface area contributed by atoms with Gasteiger partial charge >= 0.3 is 0 Å². The van der Waals surface area contributed by atoms with Crippen molar-refractivity contribution in [2.45, 2.75) is 25.4 Å². The average Bonchev–Trinajstić information content (AvgIpc) is 3.53. The Kier molecular flexibility index (Phi) is 6.65. The van der Waals surface area contributed by atoms with E-state index in [2.05, 4.69) is 35.9 Å². The Morgan fingerprint density at radius 3 is 2.78 bits per heavy atom. The van der Waals surface area contributed by atoms with Crippen LogP contribution in [0.1, 0.15) is 38.3 Å². The summed E-state index contributed by atoms with van der Waals surface area (Å²) in [6.45, 7) is 2.87. The third-order valence-electron chi connectivity index (χ3n) is 5.14. The number of hydrogen-bond donors (Lipinski definition) is 3. The van der Waals surface area contributed by atoms with Crippen molar-refractivity contribution < 1.29 is 14.4 Å². The van der Waals surface area contributed by atoms with Gasteiger partial charge in [-0.1, -0.05) is 39.8 Å². The van der Waals surface area contributed by atoms with Gasteiger partial charge < -0.3 is 15.2 Å². The minimum Gasteiger partial charge on any atom is -0.352 e. The summed E-state index contributed by atoms with van der Waals surface area (Å²) in [4.78, 5) is 39.3. The number of hydroxylamine groups is 1. The van der Waals surface area contributed by atoms with E-state index in [-0.39, 0.29) is 34.6 Å². The lowest BCUT2D eigenvalue weighted by molar-refractivity contribution is 0.0541. The molecule has 3 N–H and O–H groups in total. The molecule has 4 rings (SSSR count). The van der Waals surface area contributed by atoms with Crippen molar-refractivity contribution in [1.29, 1.82) is 0 Å². The number of carbonyl (C=O) groups excluding carboxylic acids is 2. The van der Waals surface area contributed by atoms with Crippen LogP contribution >= 0.6 is 34.5 Å². The highest BCUT2D eigenvalue weighted by atomic mass is 35.5. The van der Waals surface area contributed by atoms with Gasteiger partial charge in [-0.15, -0.1) is 5.10 Å². The predicted molar refractivity (Wildman–Crippen MR) is 119 cm³/mol. The molecular formula is C18H20Cl2N8O3S. The number of H-pyrrole nitrogens is 1. The van der Waals surface area contributed by atoms with Crippen molar-refractivity contribution in [2.24, 2.45) is 0 Å². The number of nitrogens with one attached hydrogen (secondary N) is 3. The minimum atomic E-state index is -0.358. The number of aromatic amines is 1. The molecule has 1 saturated heterocycles. The van der Waals surface area contributed by atoms with E-state index in [1.807, 2.05) is 4.90 Å². The molecule has 1 aliphatic heterocycles. The lowest BCUT2D eigenvalue weighted by atomic mass is 9.99. The molecule has 0 bridgehead atoms. The molecular weight excluding hydrogens is 479 g/mol. The molecule has 11 nitrogen and oxygen atoms in total. The zero-order valence-electron chi connectivity index (χ0n) is 17.1. The Balaban J connectivity index is 1.52. The fourth-order valence-corrected chi connectivity index (χ4v) is 4.82. The van der Waals surface area contributed by atoms with Crippen LogP contribution in [0.3, 0.4) is 0 Å². The van der Waals surface area contributed by atoms with Gasteiger partial charge in [0.15, 0.2) is 5.13 Å². The molecule has 0 unspecified atom stereocenters. The van der Waals surface area contributed by atoms with Crippen molar-refractivity contribution in [1.82, 2.24) is 35.8 Å². The summed E-state index contributed by atoms with van der Waals surface area (Å²) >= 11 is 13.6. The lowest BCUT2D eigenvalue weighted by Gasteiger charge is -2.38. The Morgan fingerprint density at radius 1 is 1.31 bits per heavy atom. The zero-order chi connectivity index (χ0) is 22.8. The molecule has 1 fully saturated rings. The highest BCUT2D eigenvalue weighted by molar-refractivity contribution is 7.17. The largest absolute Gasteiger partial charge is 0.352 e. The Hall–Kier alpha value is -2.67. The van der Waals surface area contributed by atoms with Crippen LogP contribution in [0.4, 0.5) is 5.13 Å². The lowest BCUT2D eigenvalue weighted by Crippen LogP contribution is -2.52. The van der Waals surface area contributed by atoms with Crippen molar-refractivity contribution in [3.05, 3.63) is 44.9 Å². The van der Waals surface area contributed by atoms with Gasteiger partial charge in [-0.3, -0.25) is 14.4 Å². The highest BCUT2D eigenvalue weighted by Gasteiger charge is 2.34. The molecule has 0 spiro atoms. The minimum absolute atomic E-state index is 0.195. The van der Waals surface area contributed by atoms with Gasteiger partial charge in [0, 0.05) is 25.0 Å². The molecule has 0 aliphatic carbocycles. The van der Waals surface area contributed by atoms with E-state index in [0.29, 0.717) is 40.2 Å². The third-order valence-corrected chi connectivity index (χ3v) is 7.15. The molecule has 170 valence electrons. The smallest absolute Gasteiger partial charge is 0.286 e. The number of carbonyl (C=O) groups is 2. The van der Waals surface area contributed by atoms with E-state index in [9.17, 15) is 9.59 Å². The second-order valence-corrected chi connectivity index (χ2v) is 8.93. The van der Waals surface area contributed by atoms with Crippen LogP contribution in [0.5, 0.6) is 0 Å². The predicted octanol–water partition coefficient (Wildman–Crippen LogP) is 2.22. The van der Waals surface area contributed by atoms with Crippen LogP contribution in [0.2, 0.25) is 10.0 Å². The number of amides is 2. The van der Waals surface area contributed by atoms with Crippen LogP contribution in [0.15, 0.2) is 18.6 Å². The molecule has 0 saturated carbocycles. The number of halogens is 2. The van der Waals surface area contributed by atoms with Gasteiger partial charge in [0.2, 0.25) is 0 Å². The van der Waals surface area contributed by atoms with Crippen LogP contribution in [-0.2, 0) is 4.84 Å². The van der Waals surface area contributed by atoms with Crippen molar-refractivity contribution in [2.75, 3.05) is 25.1 Å². The Bertz CT molecular complexity index is 1120. The number of rotatable bonds is 6. The molecule has 3 aromatic heterocycles. The molecule has 1 aliphatic rings. The SMILES string of the molecule is CONC(=O)c1cnc(N2CC[C@@H](NC(=O)c3[nH]c(C)c(Cl)c3Cl)[C@@H](n3ccnn3)C2)s1. The van der Waals surface area contributed by atoms with Crippen molar-refractivity contribution in [3.8, 4) is 0 Å². The number of piperidine rings is 1. The van der Waals surface area contributed by atoms with Crippen LogP contribution in [0, 0.1) is 6.92 Å². The van der Waals surface area contributed by atoms with Gasteiger partial charge in [-0.2, -0.15) is 0 Å². The number of aromatic nitrogens is 5. The number of aryl methyl sites for hydroxylation is 1. The summed E-state index contributed by atoms with van der Waals surface area (Å²) < 4.78 is 1.71. The summed E-state index contributed by atoms with van der Waals surface area (Å²) in [6.07, 6.45) is 5.45. The summed E-state index contributed by atoms with van der Waals surface area (Å²) in [7, 11) is 1.37. The normalized spacial score (nSPS) is 18.6. The third kappa shape index (κ3) is 4.44. The van der Waals surface area contributed by atoms with Gasteiger partial charge in [0.25, 0.3) is 11.8 Å². The highest BCUT2D eigenvalue weighted by Crippen LogP contribution is 2.31. The second-order valence-electron chi connectivity index (χ2n) is 7.16. The van der Waals surface area contributed by atoms with Crippen LogP contribution in [0.25, 0.3) is 0 Å². The summed E-state index contributed by atoms with van der Waals surface area (Å²) in [5.74, 6) is -0.704. The fourth-order valence-electron chi connectivity index (χ4n) is 3.56. The number of anilines is 1. The second kappa shape index (κ2) is 9.45. The molecule has 2 amide bonds. The maximum atomic E-state index is 12.9. The Morgan fingerprint density at radius 2 is 2.12 bits per heavy atom. The first-order valence-corrected chi connectivity index (χ1v) is 11.2. The Labute approximate surface area is 197 Å². The number of hydrogen-bond acceptors (Lipinski definition) is 8. The van der Waals surface area contributed by atoms with Gasteiger partial charge in [-0.05, 0) is 13.3 Å². The van der Waals surface area contributed by atoms with Gasteiger partial charge in [0.1, 0.15) is 10.6 Å². The first kappa shape index (κ1) is 22.5. The zero-order valence-corrected chi connectivity index (χ0v) is 19.5. The van der Waals surface area contributed by atoms with Crippen molar-refractivity contribution >= 4 is 51.5 Å². The van der Waals surface area contributed by atoms with E-state index in [4.69, 9.17) is 23.2 Å². The molecule has 0 aromatic carbocycles. The van der Waals surface area contributed by atoms with E-state index in [1.165, 1.54) is 24.6 Å². The van der Waals surface area contributed by atoms with E-state index >= 15 is 0 Å². The first-order valence-electron chi connectivity index (χ1n) is 9.63. The van der Waals surface area contributed by atoms with E-state index < -0.39 is 0 Å². The van der Waals surface area contributed by atoms with E-state index in [0.717, 1.165) is 0 Å². The molecule has 2 atom stereocenters. The molecule has 32 heavy (non-hydrogen) atoms. The van der Waals surface area contributed by atoms with Gasteiger partial charge in [0.05, 0.1) is 41.6 Å². The quantitative estimate of drug-likeness (QED) is 0.444. The van der Waals surface area contributed by atoms with Gasteiger partial charge in [-0.25, -0.2) is 15.1 Å². The summed E-state index contributed by atoms with van der Waals surface area (Å²) in [6, 6.07) is -0.462. The first-order chi connectivity index (χ1) is 15.4. The standard InChI is InChI=1S/C18H20Cl2N8O3S/c1-9-13(19)14(20)15(23-9)17(30)24-10-3-5-27(8-11(10)28-6-4-22-26-28)18-21-7-12(32-18)16(29)25-31-2/h4,6-7,10-11,23H,3,5,8H2,1-2H3,(H,24,30)(H,25,29)/t10-,11+/m1/s1. The maximum absolute atomic E-state index is 12.9. The molecule has 3 aromatic rings. The fraction of sp³-hybridized carbons (Fsp3) is 0.389. The van der Waals surface area contributed by atoms with E-state index in [1.54, 1.807) is 24.0 Å².